The van der Waals surface area contributed by atoms with Crippen molar-refractivity contribution in [1.29, 1.82) is 0 Å². The minimum atomic E-state index is -0.581. The first-order valence-electron chi connectivity index (χ1n) is 12.2. The molecule has 8 heteroatoms. The molecule has 0 atom stereocenters. The molecule has 7 nitrogen and oxygen atoms in total. The second-order valence-corrected chi connectivity index (χ2v) is 9.61. The molecule has 2 aliphatic heterocycles. The van der Waals surface area contributed by atoms with Gasteiger partial charge in [0.25, 0.3) is 5.91 Å². The fourth-order valence-electron chi connectivity index (χ4n) is 5.37. The Labute approximate surface area is 207 Å². The van der Waals surface area contributed by atoms with E-state index in [2.05, 4.69) is 10.2 Å². The largest absolute Gasteiger partial charge is 0.451 e. The lowest BCUT2D eigenvalue weighted by Gasteiger charge is -2.28. The van der Waals surface area contributed by atoms with E-state index < -0.39 is 17.2 Å². The summed E-state index contributed by atoms with van der Waals surface area (Å²) in [4.78, 5) is 30.7. The smallest absolute Gasteiger partial charge is 0.256 e. The van der Waals surface area contributed by atoms with Crippen LogP contribution in [-0.4, -0.2) is 55.6 Å². The zero-order valence-corrected chi connectivity index (χ0v) is 20.3. The summed E-state index contributed by atoms with van der Waals surface area (Å²) in [7, 11) is 3.45. The van der Waals surface area contributed by atoms with Crippen LogP contribution < -0.4 is 20.4 Å². The Morgan fingerprint density at radius 2 is 1.89 bits per heavy atom. The molecule has 0 bridgehead atoms. The molecule has 184 valence electrons. The SMILES string of the molecule is CN(C)c1c(F)cc2c(=O)c(C(=O)NCCN3CCCC3)cn3c2c1Oc1ccc2ccccc2c1-3. The predicted molar refractivity (Wildman–Crippen MR) is 139 cm³/mol. The van der Waals surface area contributed by atoms with Gasteiger partial charge in [0.05, 0.1) is 11.1 Å². The lowest BCUT2D eigenvalue weighted by Crippen LogP contribution is -2.36. The molecule has 0 unspecified atom stereocenters. The van der Waals surface area contributed by atoms with Crippen molar-refractivity contribution in [1.82, 2.24) is 14.8 Å². The maximum atomic E-state index is 15.3. The van der Waals surface area contributed by atoms with Gasteiger partial charge in [-0.1, -0.05) is 30.3 Å². The molecule has 0 spiro atoms. The van der Waals surface area contributed by atoms with Gasteiger partial charge in [-0.25, -0.2) is 4.39 Å². The van der Waals surface area contributed by atoms with Gasteiger partial charge in [-0.05, 0) is 43.5 Å². The average Bonchev–Trinajstić information content (AvgIpc) is 3.38. The number of nitrogens with one attached hydrogen (secondary N) is 1. The van der Waals surface area contributed by atoms with Crippen LogP contribution in [0.3, 0.4) is 0 Å². The summed E-state index contributed by atoms with van der Waals surface area (Å²) < 4.78 is 23.4. The molecule has 1 fully saturated rings. The third-order valence-corrected chi connectivity index (χ3v) is 7.09. The molecule has 6 rings (SSSR count). The van der Waals surface area contributed by atoms with E-state index in [0.29, 0.717) is 23.5 Å². The first-order chi connectivity index (χ1) is 17.4. The number of rotatable bonds is 5. The summed E-state index contributed by atoms with van der Waals surface area (Å²) in [5.74, 6) is -0.255. The number of halogens is 1. The lowest BCUT2D eigenvalue weighted by molar-refractivity contribution is 0.0948. The van der Waals surface area contributed by atoms with Gasteiger partial charge in [0.1, 0.15) is 16.8 Å². The molecule has 2 aliphatic rings. The molecule has 0 aliphatic carbocycles. The monoisotopic (exact) mass is 486 g/mol. The van der Waals surface area contributed by atoms with Gasteiger partial charge in [-0.3, -0.25) is 9.59 Å². The Morgan fingerprint density at radius 1 is 1.11 bits per heavy atom. The van der Waals surface area contributed by atoms with E-state index in [-0.39, 0.29) is 22.4 Å². The number of amides is 1. The van der Waals surface area contributed by atoms with Gasteiger partial charge in [0.2, 0.25) is 5.43 Å². The Balaban J connectivity index is 1.56. The first-order valence-corrected chi connectivity index (χ1v) is 12.2. The highest BCUT2D eigenvalue weighted by Gasteiger charge is 2.30. The van der Waals surface area contributed by atoms with Crippen molar-refractivity contribution >= 4 is 33.3 Å². The van der Waals surface area contributed by atoms with Crippen LogP contribution in [0, 0.1) is 5.82 Å². The van der Waals surface area contributed by atoms with Gasteiger partial charge in [-0.15, -0.1) is 0 Å². The number of ether oxygens (including phenoxy) is 1. The first kappa shape index (κ1) is 22.5. The molecule has 3 aromatic carbocycles. The van der Waals surface area contributed by atoms with E-state index in [1.54, 1.807) is 25.2 Å². The predicted octanol–water partition coefficient (Wildman–Crippen LogP) is 4.28. The Kier molecular flexibility index (Phi) is 5.41. The van der Waals surface area contributed by atoms with Crippen molar-refractivity contribution < 1.29 is 13.9 Å². The van der Waals surface area contributed by atoms with Crippen molar-refractivity contribution in [2.45, 2.75) is 12.8 Å². The summed E-state index contributed by atoms with van der Waals surface area (Å²) >= 11 is 0. The van der Waals surface area contributed by atoms with Crippen LogP contribution in [0.15, 0.2) is 53.5 Å². The molecule has 1 N–H and O–H groups in total. The number of benzene rings is 3. The van der Waals surface area contributed by atoms with Crippen molar-refractivity contribution in [2.24, 2.45) is 0 Å². The molecular formula is C28H27FN4O3. The van der Waals surface area contributed by atoms with Crippen molar-refractivity contribution in [3.05, 3.63) is 70.3 Å². The molecule has 0 saturated carbocycles. The highest BCUT2D eigenvalue weighted by Crippen LogP contribution is 2.47. The quantitative estimate of drug-likeness (QED) is 0.402. The minimum Gasteiger partial charge on any atom is -0.451 e. The van der Waals surface area contributed by atoms with Crippen molar-refractivity contribution in [2.75, 3.05) is 45.2 Å². The highest BCUT2D eigenvalue weighted by molar-refractivity contribution is 6.04. The zero-order chi connectivity index (χ0) is 25.0. The van der Waals surface area contributed by atoms with Gasteiger partial charge < -0.3 is 24.4 Å². The van der Waals surface area contributed by atoms with E-state index >= 15 is 4.39 Å². The Bertz CT molecular complexity index is 1590. The van der Waals surface area contributed by atoms with E-state index in [1.165, 1.54) is 18.9 Å². The number of nitrogens with zero attached hydrogens (tertiary/aromatic N) is 3. The molecule has 1 aromatic heterocycles. The van der Waals surface area contributed by atoms with Crippen LogP contribution in [0.2, 0.25) is 0 Å². The Hall–Kier alpha value is -3.91. The minimum absolute atomic E-state index is 0.0207. The van der Waals surface area contributed by atoms with Crippen LogP contribution in [0.25, 0.3) is 27.4 Å². The van der Waals surface area contributed by atoms with Gasteiger partial charge in [0, 0.05) is 38.8 Å². The van der Waals surface area contributed by atoms with E-state index in [4.69, 9.17) is 4.74 Å². The van der Waals surface area contributed by atoms with Gasteiger partial charge in [0.15, 0.2) is 17.3 Å². The number of fused-ring (bicyclic) bond motifs is 4. The van der Waals surface area contributed by atoms with Crippen LogP contribution in [0.5, 0.6) is 11.5 Å². The van der Waals surface area contributed by atoms with Gasteiger partial charge >= 0.3 is 0 Å². The molecule has 1 amide bonds. The van der Waals surface area contributed by atoms with Crippen LogP contribution in [-0.2, 0) is 0 Å². The maximum Gasteiger partial charge on any atom is 0.256 e. The van der Waals surface area contributed by atoms with Crippen LogP contribution >= 0.6 is 0 Å². The summed E-state index contributed by atoms with van der Waals surface area (Å²) in [6.07, 6.45) is 3.91. The number of anilines is 1. The molecule has 1 saturated heterocycles. The summed E-state index contributed by atoms with van der Waals surface area (Å²) in [6, 6.07) is 12.8. The lowest BCUT2D eigenvalue weighted by atomic mass is 10.0. The summed E-state index contributed by atoms with van der Waals surface area (Å²) in [6.45, 7) is 3.23. The number of likely N-dealkylation sites (tertiary alicyclic amines) is 1. The van der Waals surface area contributed by atoms with E-state index in [9.17, 15) is 9.59 Å². The second-order valence-electron chi connectivity index (χ2n) is 9.61. The summed E-state index contributed by atoms with van der Waals surface area (Å²) in [5, 5.41) is 4.90. The third kappa shape index (κ3) is 3.52. The number of hydrogen-bond acceptors (Lipinski definition) is 5. The fourth-order valence-corrected chi connectivity index (χ4v) is 5.37. The van der Waals surface area contributed by atoms with Crippen LogP contribution in [0.1, 0.15) is 23.2 Å². The number of carbonyl (C=O) groups is 1. The standard InChI is InChI=1S/C28H27FN4O3/c1-31(2)25-21(29)15-19-24-27(25)36-22-10-9-17-7-3-4-8-18(17)23(22)33(24)16-20(26(19)34)28(35)30-11-14-32-12-5-6-13-32/h3-4,7-10,15-16H,5-6,11-14H2,1-2H3,(H,30,35). The number of pyridine rings is 1. The fraction of sp³-hybridized carbons (Fsp3) is 0.286. The van der Waals surface area contributed by atoms with Gasteiger partial charge in [-0.2, -0.15) is 0 Å². The van der Waals surface area contributed by atoms with Crippen molar-refractivity contribution in [3.8, 4) is 17.2 Å². The molecule has 4 aromatic rings. The third-order valence-electron chi connectivity index (χ3n) is 7.09. The molecule has 0 radical (unpaired) electrons. The molecular weight excluding hydrogens is 459 g/mol. The highest BCUT2D eigenvalue weighted by atomic mass is 19.1. The second kappa shape index (κ2) is 8.64. The molecule has 36 heavy (non-hydrogen) atoms. The number of aromatic nitrogens is 1. The number of carbonyl (C=O) groups excluding carboxylic acids is 1. The van der Waals surface area contributed by atoms with E-state index in [0.717, 1.165) is 30.4 Å². The molecule has 3 heterocycles. The maximum absolute atomic E-state index is 15.3. The average molecular weight is 487 g/mol. The topological polar surface area (TPSA) is 66.8 Å². The Morgan fingerprint density at radius 3 is 2.67 bits per heavy atom. The van der Waals surface area contributed by atoms with Crippen molar-refractivity contribution in [3.63, 3.8) is 0 Å². The van der Waals surface area contributed by atoms with Crippen LogP contribution in [0.4, 0.5) is 10.1 Å². The summed E-state index contributed by atoms with van der Waals surface area (Å²) in [5.41, 5.74) is 0.873. The normalized spacial score (nSPS) is 14.6. The van der Waals surface area contributed by atoms with E-state index in [1.807, 2.05) is 41.0 Å². The number of hydrogen-bond donors (Lipinski definition) is 1. The zero-order valence-electron chi connectivity index (χ0n) is 20.3.